The average molecular weight is 313 g/mol. The fraction of sp³-hybridized carbons (Fsp3) is 0.600. The quantitative estimate of drug-likeness (QED) is 0.867. The molecule has 0 aliphatic carbocycles. The minimum absolute atomic E-state index is 0.156. The summed E-state index contributed by atoms with van der Waals surface area (Å²) in [5.74, 6) is 0. The third-order valence-corrected chi connectivity index (χ3v) is 5.97. The molecular weight excluding hydrogens is 290 g/mol. The second-order valence-electron chi connectivity index (χ2n) is 5.44. The number of aliphatic hydroxyl groups excluding tert-OH is 2. The molecule has 1 aliphatic heterocycles. The topological polar surface area (TPSA) is 77.8 Å². The predicted octanol–water partition coefficient (Wildman–Crippen LogP) is 1.67. The summed E-state index contributed by atoms with van der Waals surface area (Å²) in [6, 6.07) is 6.12. The fourth-order valence-corrected chi connectivity index (χ4v) is 4.47. The Bertz CT molecular complexity index is 573. The molecule has 0 amide bonds. The van der Waals surface area contributed by atoms with Gasteiger partial charge in [0.05, 0.1) is 17.6 Å². The smallest absolute Gasteiger partial charge is 0.243 e. The molecule has 1 heterocycles. The second kappa shape index (κ2) is 6.87. The maximum absolute atomic E-state index is 12.8. The van der Waals surface area contributed by atoms with Crippen LogP contribution in [0.1, 0.15) is 44.3 Å². The zero-order valence-electron chi connectivity index (χ0n) is 12.3. The molecule has 1 aliphatic rings. The van der Waals surface area contributed by atoms with E-state index in [-0.39, 0.29) is 17.5 Å². The molecule has 21 heavy (non-hydrogen) atoms. The average Bonchev–Trinajstić information content (AvgIpc) is 2.54. The Morgan fingerprint density at radius 2 is 2.14 bits per heavy atom. The van der Waals surface area contributed by atoms with Crippen molar-refractivity contribution in [2.45, 2.75) is 49.6 Å². The largest absolute Gasteiger partial charge is 0.395 e. The van der Waals surface area contributed by atoms with Gasteiger partial charge in [0.2, 0.25) is 10.0 Å². The van der Waals surface area contributed by atoms with Crippen molar-refractivity contribution in [2.24, 2.45) is 0 Å². The van der Waals surface area contributed by atoms with Gasteiger partial charge in [-0.2, -0.15) is 4.31 Å². The summed E-state index contributed by atoms with van der Waals surface area (Å²) in [5, 5.41) is 19.3. The van der Waals surface area contributed by atoms with Gasteiger partial charge < -0.3 is 10.2 Å². The molecule has 118 valence electrons. The van der Waals surface area contributed by atoms with Crippen LogP contribution in [0.2, 0.25) is 0 Å². The Morgan fingerprint density at radius 1 is 1.38 bits per heavy atom. The minimum Gasteiger partial charge on any atom is -0.395 e. The van der Waals surface area contributed by atoms with Crippen molar-refractivity contribution < 1.29 is 18.6 Å². The van der Waals surface area contributed by atoms with Gasteiger partial charge in [-0.3, -0.25) is 0 Å². The monoisotopic (exact) mass is 313 g/mol. The highest BCUT2D eigenvalue weighted by Gasteiger charge is 2.33. The van der Waals surface area contributed by atoms with E-state index in [0.717, 1.165) is 12.8 Å². The van der Waals surface area contributed by atoms with E-state index in [9.17, 15) is 18.6 Å². The van der Waals surface area contributed by atoms with Gasteiger partial charge in [-0.25, -0.2) is 8.42 Å². The SMILES string of the molecule is CCC(O)c1cccc(S(=O)(=O)N2CCCCC2CO)c1. The molecule has 2 atom stereocenters. The molecule has 6 heteroatoms. The molecule has 0 bridgehead atoms. The number of benzene rings is 1. The van der Waals surface area contributed by atoms with Gasteiger partial charge in [-0.05, 0) is 37.0 Å². The standard InChI is InChI=1S/C15H23NO4S/c1-2-15(18)12-6-5-8-14(10-12)21(19,20)16-9-4-3-7-13(16)11-17/h5-6,8,10,13,15,17-18H,2-4,7,9,11H2,1H3. The first-order valence-corrected chi connectivity index (χ1v) is 8.85. The summed E-state index contributed by atoms with van der Waals surface area (Å²) in [7, 11) is -3.63. The van der Waals surface area contributed by atoms with Crippen LogP contribution in [0.5, 0.6) is 0 Å². The summed E-state index contributed by atoms with van der Waals surface area (Å²) < 4.78 is 26.9. The van der Waals surface area contributed by atoms with Crippen LogP contribution in [0.4, 0.5) is 0 Å². The van der Waals surface area contributed by atoms with Gasteiger partial charge in [0.15, 0.2) is 0 Å². The van der Waals surface area contributed by atoms with Crippen LogP contribution in [0.25, 0.3) is 0 Å². The number of rotatable bonds is 5. The minimum atomic E-state index is -3.63. The van der Waals surface area contributed by atoms with E-state index in [1.54, 1.807) is 18.2 Å². The highest BCUT2D eigenvalue weighted by atomic mass is 32.2. The van der Waals surface area contributed by atoms with Gasteiger partial charge in [0.25, 0.3) is 0 Å². The van der Waals surface area contributed by atoms with Crippen LogP contribution in [0, 0.1) is 0 Å². The lowest BCUT2D eigenvalue weighted by atomic mass is 10.1. The van der Waals surface area contributed by atoms with E-state index in [1.807, 2.05) is 6.92 Å². The van der Waals surface area contributed by atoms with E-state index in [4.69, 9.17) is 0 Å². The number of sulfonamides is 1. The highest BCUT2D eigenvalue weighted by Crippen LogP contribution is 2.27. The number of aliphatic hydroxyl groups is 2. The lowest BCUT2D eigenvalue weighted by molar-refractivity contribution is 0.155. The zero-order valence-corrected chi connectivity index (χ0v) is 13.1. The van der Waals surface area contributed by atoms with E-state index in [0.29, 0.717) is 24.9 Å². The van der Waals surface area contributed by atoms with Crippen LogP contribution in [-0.4, -0.2) is 42.1 Å². The molecule has 1 fully saturated rings. The lowest BCUT2D eigenvalue weighted by Crippen LogP contribution is -2.45. The Labute approximate surface area is 126 Å². The Morgan fingerprint density at radius 3 is 2.81 bits per heavy atom. The maximum Gasteiger partial charge on any atom is 0.243 e. The van der Waals surface area contributed by atoms with E-state index in [2.05, 4.69) is 0 Å². The van der Waals surface area contributed by atoms with Crippen molar-refractivity contribution in [3.05, 3.63) is 29.8 Å². The molecule has 2 unspecified atom stereocenters. The zero-order chi connectivity index (χ0) is 15.5. The van der Waals surface area contributed by atoms with Crippen LogP contribution in [-0.2, 0) is 10.0 Å². The van der Waals surface area contributed by atoms with Gasteiger partial charge in [-0.15, -0.1) is 0 Å². The molecule has 0 radical (unpaired) electrons. The summed E-state index contributed by atoms with van der Waals surface area (Å²) >= 11 is 0. The molecular formula is C15H23NO4S. The Kier molecular flexibility index (Phi) is 5.37. The van der Waals surface area contributed by atoms with E-state index >= 15 is 0 Å². The van der Waals surface area contributed by atoms with Crippen molar-refractivity contribution in [3.8, 4) is 0 Å². The van der Waals surface area contributed by atoms with Gasteiger partial charge in [-0.1, -0.05) is 25.5 Å². The number of hydrogen-bond donors (Lipinski definition) is 2. The molecule has 1 aromatic rings. The van der Waals surface area contributed by atoms with Gasteiger partial charge in [0, 0.05) is 12.6 Å². The normalized spacial score (nSPS) is 22.1. The first-order valence-electron chi connectivity index (χ1n) is 7.41. The van der Waals surface area contributed by atoms with Crippen molar-refractivity contribution in [2.75, 3.05) is 13.2 Å². The summed E-state index contributed by atoms with van der Waals surface area (Å²) in [5.41, 5.74) is 0.608. The van der Waals surface area contributed by atoms with Crippen LogP contribution in [0.3, 0.4) is 0 Å². The third kappa shape index (κ3) is 3.45. The molecule has 5 nitrogen and oxygen atoms in total. The first-order chi connectivity index (χ1) is 10.0. The molecule has 2 N–H and O–H groups in total. The van der Waals surface area contributed by atoms with Crippen molar-refractivity contribution >= 4 is 10.0 Å². The molecule has 2 rings (SSSR count). The summed E-state index contributed by atoms with van der Waals surface area (Å²) in [6.45, 7) is 2.13. The summed E-state index contributed by atoms with van der Waals surface area (Å²) in [4.78, 5) is 0.188. The van der Waals surface area contributed by atoms with Gasteiger partial charge >= 0.3 is 0 Å². The van der Waals surface area contributed by atoms with Crippen LogP contribution in [0.15, 0.2) is 29.2 Å². The van der Waals surface area contributed by atoms with E-state index in [1.165, 1.54) is 10.4 Å². The van der Waals surface area contributed by atoms with Crippen molar-refractivity contribution in [1.82, 2.24) is 4.31 Å². The number of hydrogen-bond acceptors (Lipinski definition) is 4. The predicted molar refractivity (Wildman–Crippen MR) is 80.3 cm³/mol. The van der Waals surface area contributed by atoms with Crippen molar-refractivity contribution in [3.63, 3.8) is 0 Å². The van der Waals surface area contributed by atoms with E-state index < -0.39 is 16.1 Å². The van der Waals surface area contributed by atoms with Crippen LogP contribution >= 0.6 is 0 Å². The van der Waals surface area contributed by atoms with Crippen LogP contribution < -0.4 is 0 Å². The van der Waals surface area contributed by atoms with Crippen molar-refractivity contribution in [1.29, 1.82) is 0 Å². The lowest BCUT2D eigenvalue weighted by Gasteiger charge is -2.33. The van der Waals surface area contributed by atoms with Gasteiger partial charge in [0.1, 0.15) is 0 Å². The molecule has 0 saturated carbocycles. The Balaban J connectivity index is 2.34. The molecule has 1 aromatic carbocycles. The molecule has 0 aromatic heterocycles. The Hall–Kier alpha value is -0.950. The second-order valence-corrected chi connectivity index (χ2v) is 7.34. The maximum atomic E-state index is 12.8. The first kappa shape index (κ1) is 16.4. The number of nitrogens with zero attached hydrogens (tertiary/aromatic N) is 1. The molecule has 0 spiro atoms. The molecule has 1 saturated heterocycles. The highest BCUT2D eigenvalue weighted by molar-refractivity contribution is 7.89. The number of piperidine rings is 1. The third-order valence-electron chi connectivity index (χ3n) is 4.02. The fourth-order valence-electron chi connectivity index (χ4n) is 2.73. The summed E-state index contributed by atoms with van der Waals surface area (Å²) in [6.07, 6.45) is 2.31.